The van der Waals surface area contributed by atoms with E-state index in [9.17, 15) is 19.6 Å². The maximum absolute atomic E-state index is 12.8. The minimum Gasteiger partial charge on any atom is -0.444 e. The van der Waals surface area contributed by atoms with Crippen LogP contribution in [0.4, 0.5) is 16.2 Å². The van der Waals surface area contributed by atoms with Gasteiger partial charge in [-0.3, -0.25) is 9.59 Å². The van der Waals surface area contributed by atoms with Gasteiger partial charge in [-0.25, -0.2) is 9.79 Å². The second kappa shape index (κ2) is 10.6. The lowest BCUT2D eigenvalue weighted by molar-refractivity contribution is 0.0179. The van der Waals surface area contributed by atoms with E-state index in [0.29, 0.717) is 42.9 Å². The molecular weight excluding hydrogens is 460 g/mol. The van der Waals surface area contributed by atoms with Gasteiger partial charge >= 0.3 is 6.09 Å². The molecule has 1 fully saturated rings. The summed E-state index contributed by atoms with van der Waals surface area (Å²) in [5.74, 6) is -0.00379. The Kier molecular flexibility index (Phi) is 7.83. The zero-order chi connectivity index (χ0) is 26.5. The normalized spacial score (nSPS) is 15.6. The number of nitrogens with zero attached hydrogens (tertiary/aromatic N) is 3. The largest absolute Gasteiger partial charge is 0.444 e. The van der Waals surface area contributed by atoms with E-state index in [1.807, 2.05) is 20.8 Å². The number of anilines is 1. The first kappa shape index (κ1) is 26.5. The molecule has 190 valence electrons. The monoisotopic (exact) mass is 492 g/mol. The number of ether oxygens (including phenoxy) is 1. The van der Waals surface area contributed by atoms with Crippen LogP contribution in [0.1, 0.15) is 61.5 Å². The van der Waals surface area contributed by atoms with Crippen LogP contribution in [0.15, 0.2) is 40.2 Å². The van der Waals surface area contributed by atoms with Gasteiger partial charge in [-0.05, 0) is 70.4 Å². The summed E-state index contributed by atoms with van der Waals surface area (Å²) in [5.41, 5.74) is 6.97. The number of hydrogen-bond donors (Lipinski definition) is 3. The van der Waals surface area contributed by atoms with Crippen molar-refractivity contribution in [2.45, 2.75) is 58.1 Å². The molecule has 1 aromatic heterocycles. The number of aryl methyl sites for hydroxylation is 1. The molecule has 4 N–H and O–H groups in total. The molecule has 2 heterocycles. The predicted molar refractivity (Wildman–Crippen MR) is 138 cm³/mol. The summed E-state index contributed by atoms with van der Waals surface area (Å²) in [5, 5.41) is 12.9. The van der Waals surface area contributed by atoms with Crippen LogP contribution in [0.2, 0.25) is 0 Å². The van der Waals surface area contributed by atoms with Gasteiger partial charge in [-0.15, -0.1) is 0 Å². The highest BCUT2D eigenvalue weighted by Gasteiger charge is 2.38. The molecule has 0 unspecified atom stereocenters. The quantitative estimate of drug-likeness (QED) is 0.316. The van der Waals surface area contributed by atoms with Crippen molar-refractivity contribution in [1.82, 2.24) is 9.88 Å². The van der Waals surface area contributed by atoms with Crippen molar-refractivity contribution in [2.75, 3.05) is 18.4 Å². The van der Waals surface area contributed by atoms with Crippen LogP contribution in [0, 0.1) is 18.3 Å². The molecule has 3 rings (SSSR count). The summed E-state index contributed by atoms with van der Waals surface area (Å²) in [6, 6.07) is 8.91. The Hall–Kier alpha value is -4.13. The average Bonchev–Trinajstić information content (AvgIpc) is 2.78. The molecule has 36 heavy (non-hydrogen) atoms. The fraction of sp³-hybridized carbons (Fsp3) is 0.423. The molecule has 0 bridgehead atoms. The van der Waals surface area contributed by atoms with Crippen molar-refractivity contribution >= 4 is 29.6 Å². The number of aldehydes is 1. The van der Waals surface area contributed by atoms with Crippen molar-refractivity contribution in [3.63, 3.8) is 0 Å². The van der Waals surface area contributed by atoms with Gasteiger partial charge in [0.25, 0.3) is 5.56 Å². The summed E-state index contributed by atoms with van der Waals surface area (Å²) in [7, 11) is 0. The Bertz CT molecular complexity index is 1260. The summed E-state index contributed by atoms with van der Waals surface area (Å²) in [6.07, 6.45) is 3.01. The molecule has 2 aromatic rings. The number of nitriles is 1. The van der Waals surface area contributed by atoms with Crippen molar-refractivity contribution in [3.8, 4) is 6.07 Å². The number of likely N-dealkylation sites (tertiary alicyclic amines) is 1. The summed E-state index contributed by atoms with van der Waals surface area (Å²) in [4.78, 5) is 45.0. The highest BCUT2D eigenvalue weighted by molar-refractivity contribution is 6.03. The van der Waals surface area contributed by atoms with Crippen molar-refractivity contribution in [1.29, 1.82) is 5.26 Å². The number of aliphatic imine (C=N–C) groups is 1. The number of aromatic amines is 1. The van der Waals surface area contributed by atoms with Gasteiger partial charge in [0.2, 0.25) is 0 Å². The van der Waals surface area contributed by atoms with E-state index >= 15 is 0 Å². The molecule has 0 atom stereocenters. The first-order valence-corrected chi connectivity index (χ1v) is 11.7. The van der Waals surface area contributed by atoms with Gasteiger partial charge in [0, 0.05) is 24.8 Å². The van der Waals surface area contributed by atoms with Gasteiger partial charge in [-0.2, -0.15) is 5.26 Å². The number of pyridine rings is 1. The van der Waals surface area contributed by atoms with Crippen molar-refractivity contribution in [3.05, 3.63) is 57.5 Å². The zero-order valence-corrected chi connectivity index (χ0v) is 21.1. The molecule has 10 nitrogen and oxygen atoms in total. The van der Waals surface area contributed by atoms with E-state index in [0.717, 1.165) is 11.8 Å². The molecule has 1 aromatic carbocycles. The Labute approximate surface area is 210 Å². The molecule has 1 saturated heterocycles. The molecule has 0 radical (unpaired) electrons. The van der Waals surface area contributed by atoms with E-state index in [4.69, 9.17) is 10.5 Å². The third kappa shape index (κ3) is 6.30. The van der Waals surface area contributed by atoms with Crippen LogP contribution >= 0.6 is 0 Å². The summed E-state index contributed by atoms with van der Waals surface area (Å²) in [6.45, 7) is 8.02. The van der Waals surface area contributed by atoms with E-state index in [1.54, 1.807) is 36.1 Å². The Morgan fingerprint density at radius 3 is 2.61 bits per heavy atom. The molecule has 1 amide bonds. The van der Waals surface area contributed by atoms with Crippen LogP contribution in [-0.2, 0) is 4.74 Å². The fourth-order valence-electron chi connectivity index (χ4n) is 4.12. The zero-order valence-electron chi connectivity index (χ0n) is 21.1. The number of nitrogens with one attached hydrogen (secondary N) is 2. The number of piperidine rings is 1. The second-order valence-corrected chi connectivity index (χ2v) is 9.96. The van der Waals surface area contributed by atoms with E-state index < -0.39 is 22.8 Å². The van der Waals surface area contributed by atoms with Gasteiger partial charge in [0.15, 0.2) is 0 Å². The molecule has 0 aliphatic carbocycles. The van der Waals surface area contributed by atoms with Gasteiger partial charge in [0.05, 0.1) is 29.4 Å². The first-order valence-electron chi connectivity index (χ1n) is 11.7. The standard InChI is InChI=1S/C26H32N6O4/c1-17-15-19(6-5-18(17)16-33)30-22(28)21-20(7-12-29-23(21)34)31-26(8-11-27)9-13-32(14-10-26)24(35)36-25(2,3)4/h5-7,12,15-16H,8-10,13-14H2,1-4H3,(H2,28,30)(H2,29,31,34). The number of benzene rings is 1. The summed E-state index contributed by atoms with van der Waals surface area (Å²) >= 11 is 0. The lowest BCUT2D eigenvalue weighted by Gasteiger charge is -2.42. The second-order valence-electron chi connectivity index (χ2n) is 9.96. The predicted octanol–water partition coefficient (Wildman–Crippen LogP) is 3.63. The molecular formula is C26H32N6O4. The number of amides is 1. The van der Waals surface area contributed by atoms with Crippen molar-refractivity contribution < 1.29 is 14.3 Å². The van der Waals surface area contributed by atoms with E-state index in [2.05, 4.69) is 21.4 Å². The van der Waals surface area contributed by atoms with Crippen LogP contribution < -0.4 is 16.6 Å². The van der Waals surface area contributed by atoms with Crippen LogP contribution in [0.3, 0.4) is 0 Å². The third-order valence-corrected chi connectivity index (χ3v) is 6.04. The van der Waals surface area contributed by atoms with Gasteiger partial charge < -0.3 is 25.7 Å². The highest BCUT2D eigenvalue weighted by atomic mass is 16.6. The van der Waals surface area contributed by atoms with E-state index in [1.165, 1.54) is 6.20 Å². The van der Waals surface area contributed by atoms with E-state index in [-0.39, 0.29) is 17.8 Å². The smallest absolute Gasteiger partial charge is 0.410 e. The molecule has 1 aliphatic rings. The van der Waals surface area contributed by atoms with Gasteiger partial charge in [-0.1, -0.05) is 0 Å². The third-order valence-electron chi connectivity index (χ3n) is 6.04. The number of carbonyl (C=O) groups is 2. The minimum atomic E-state index is -0.668. The van der Waals surface area contributed by atoms with Gasteiger partial charge in [0.1, 0.15) is 23.3 Å². The molecule has 1 aliphatic heterocycles. The Morgan fingerprint density at radius 2 is 2.03 bits per heavy atom. The maximum Gasteiger partial charge on any atom is 0.410 e. The number of H-pyrrole nitrogens is 1. The topological polar surface area (TPSA) is 154 Å². The maximum atomic E-state index is 12.8. The molecule has 10 heteroatoms. The van der Waals surface area contributed by atoms with Crippen LogP contribution in [0.5, 0.6) is 0 Å². The molecule has 0 spiro atoms. The first-order chi connectivity index (χ1) is 17.0. The summed E-state index contributed by atoms with van der Waals surface area (Å²) < 4.78 is 5.47. The lowest BCUT2D eigenvalue weighted by atomic mass is 9.84. The average molecular weight is 493 g/mol. The minimum absolute atomic E-state index is 0.00379. The number of nitrogens with two attached hydrogens (primary N) is 1. The Morgan fingerprint density at radius 1 is 1.33 bits per heavy atom. The number of carbonyl (C=O) groups excluding carboxylic acids is 2. The highest BCUT2D eigenvalue weighted by Crippen LogP contribution is 2.31. The number of aromatic nitrogens is 1. The van der Waals surface area contributed by atoms with Crippen molar-refractivity contribution in [2.24, 2.45) is 10.7 Å². The number of rotatable bonds is 6. The van der Waals surface area contributed by atoms with Crippen LogP contribution in [-0.4, -0.2) is 52.3 Å². The van der Waals surface area contributed by atoms with Crippen LogP contribution in [0.25, 0.3) is 0 Å². The number of hydrogen-bond acceptors (Lipinski definition) is 7. The molecule has 0 saturated carbocycles. The lowest BCUT2D eigenvalue weighted by Crippen LogP contribution is -2.52. The SMILES string of the molecule is Cc1cc(N=C(N)c2c(NC3(CC#N)CCN(C(=O)OC(C)(C)C)CC3)cc[nH]c2=O)ccc1C=O. The Balaban J connectivity index is 1.88. The number of amidine groups is 1. The fourth-order valence-corrected chi connectivity index (χ4v) is 4.12.